The van der Waals surface area contributed by atoms with Gasteiger partial charge in [0.2, 0.25) is 0 Å². The summed E-state index contributed by atoms with van der Waals surface area (Å²) in [6.07, 6.45) is 1.04. The highest BCUT2D eigenvalue weighted by Gasteiger charge is 2.12. The molecular formula is C21H28N3S+. The van der Waals surface area contributed by atoms with E-state index in [-0.39, 0.29) is 0 Å². The van der Waals surface area contributed by atoms with E-state index in [1.807, 2.05) is 11.8 Å². The van der Waals surface area contributed by atoms with Crippen molar-refractivity contribution in [1.82, 2.24) is 9.55 Å². The van der Waals surface area contributed by atoms with Crippen molar-refractivity contribution in [3.8, 4) is 0 Å². The van der Waals surface area contributed by atoms with Crippen molar-refractivity contribution in [3.05, 3.63) is 60.2 Å². The molecule has 3 aromatic rings. The van der Waals surface area contributed by atoms with Gasteiger partial charge in [0.1, 0.15) is 0 Å². The highest BCUT2D eigenvalue weighted by atomic mass is 32.2. The lowest BCUT2D eigenvalue weighted by Gasteiger charge is -2.15. The first-order chi connectivity index (χ1) is 12.3. The molecule has 1 aromatic heterocycles. The van der Waals surface area contributed by atoms with E-state index in [9.17, 15) is 0 Å². The fraction of sp³-hybridized carbons (Fsp3) is 0.381. The van der Waals surface area contributed by atoms with Gasteiger partial charge in [-0.3, -0.25) is 0 Å². The van der Waals surface area contributed by atoms with Gasteiger partial charge < -0.3 is 9.47 Å². The summed E-state index contributed by atoms with van der Waals surface area (Å²) in [6.45, 7) is 9.09. The van der Waals surface area contributed by atoms with Gasteiger partial charge in [-0.15, -0.1) is 0 Å². The molecule has 0 unspecified atom stereocenters. The molecule has 0 radical (unpaired) electrons. The van der Waals surface area contributed by atoms with Crippen LogP contribution in [0, 0.1) is 0 Å². The number of para-hydroxylation sites is 2. The molecule has 0 aliphatic rings. The SMILES string of the molecule is CC[NH+](CC)CCSc1nc2ccccc2n1CCc1ccccc1. The van der Waals surface area contributed by atoms with E-state index in [1.54, 1.807) is 4.90 Å². The molecule has 0 bridgehead atoms. The third kappa shape index (κ3) is 4.65. The van der Waals surface area contributed by atoms with Crippen LogP contribution in [0.3, 0.4) is 0 Å². The Balaban J connectivity index is 1.75. The number of rotatable bonds is 9. The van der Waals surface area contributed by atoms with Crippen molar-refractivity contribution in [2.75, 3.05) is 25.4 Å². The lowest BCUT2D eigenvalue weighted by molar-refractivity contribution is -0.893. The molecule has 3 nitrogen and oxygen atoms in total. The Labute approximate surface area is 155 Å². The Morgan fingerprint density at radius 3 is 2.44 bits per heavy atom. The third-order valence-electron chi connectivity index (χ3n) is 4.77. The van der Waals surface area contributed by atoms with Crippen LogP contribution in [-0.2, 0) is 13.0 Å². The monoisotopic (exact) mass is 354 g/mol. The summed E-state index contributed by atoms with van der Waals surface area (Å²) >= 11 is 1.90. The number of hydrogen-bond donors (Lipinski definition) is 1. The second-order valence-corrected chi connectivity index (χ2v) is 7.39. The number of nitrogens with zero attached hydrogens (tertiary/aromatic N) is 2. The Hall–Kier alpha value is -1.78. The average molecular weight is 355 g/mol. The van der Waals surface area contributed by atoms with E-state index >= 15 is 0 Å². The molecule has 132 valence electrons. The first-order valence-electron chi connectivity index (χ1n) is 9.27. The molecule has 1 N–H and O–H groups in total. The molecule has 4 heteroatoms. The van der Waals surface area contributed by atoms with Gasteiger partial charge in [-0.25, -0.2) is 4.98 Å². The molecule has 0 fully saturated rings. The number of quaternary nitrogens is 1. The molecule has 0 spiro atoms. The number of aryl methyl sites for hydroxylation is 2. The van der Waals surface area contributed by atoms with E-state index in [0.29, 0.717) is 0 Å². The van der Waals surface area contributed by atoms with Crippen molar-refractivity contribution < 1.29 is 4.90 Å². The van der Waals surface area contributed by atoms with Crippen LogP contribution in [0.5, 0.6) is 0 Å². The van der Waals surface area contributed by atoms with E-state index < -0.39 is 0 Å². The molecule has 25 heavy (non-hydrogen) atoms. The lowest BCUT2D eigenvalue weighted by atomic mass is 10.1. The number of benzene rings is 2. The topological polar surface area (TPSA) is 22.3 Å². The van der Waals surface area contributed by atoms with Crippen molar-refractivity contribution in [1.29, 1.82) is 0 Å². The maximum atomic E-state index is 4.89. The van der Waals surface area contributed by atoms with Gasteiger partial charge in [0.25, 0.3) is 0 Å². The van der Waals surface area contributed by atoms with Gasteiger partial charge in [-0.2, -0.15) is 0 Å². The van der Waals surface area contributed by atoms with E-state index in [4.69, 9.17) is 4.98 Å². The van der Waals surface area contributed by atoms with Crippen LogP contribution in [0.2, 0.25) is 0 Å². The molecule has 0 saturated carbocycles. The molecule has 0 atom stereocenters. The Morgan fingerprint density at radius 2 is 1.68 bits per heavy atom. The first-order valence-corrected chi connectivity index (χ1v) is 10.3. The fourth-order valence-corrected chi connectivity index (χ4v) is 4.24. The van der Waals surface area contributed by atoms with Gasteiger partial charge in [0.05, 0.1) is 36.4 Å². The maximum Gasteiger partial charge on any atom is 0.169 e. The number of thioether (sulfide) groups is 1. The van der Waals surface area contributed by atoms with Gasteiger partial charge in [-0.1, -0.05) is 54.2 Å². The van der Waals surface area contributed by atoms with Crippen LogP contribution in [0.1, 0.15) is 19.4 Å². The van der Waals surface area contributed by atoms with Crippen LogP contribution in [0.25, 0.3) is 11.0 Å². The van der Waals surface area contributed by atoms with Crippen LogP contribution >= 0.6 is 11.8 Å². The maximum absolute atomic E-state index is 4.89. The number of aromatic nitrogens is 2. The van der Waals surface area contributed by atoms with Crippen LogP contribution in [-0.4, -0.2) is 34.9 Å². The van der Waals surface area contributed by atoms with Crippen molar-refractivity contribution in [2.45, 2.75) is 32.0 Å². The molecule has 2 aromatic carbocycles. The van der Waals surface area contributed by atoms with Crippen molar-refractivity contribution >= 4 is 22.8 Å². The predicted octanol–water partition coefficient (Wildman–Crippen LogP) is 3.30. The van der Waals surface area contributed by atoms with Crippen LogP contribution in [0.15, 0.2) is 59.8 Å². The van der Waals surface area contributed by atoms with Crippen LogP contribution in [0.4, 0.5) is 0 Å². The van der Waals surface area contributed by atoms with Crippen molar-refractivity contribution in [2.24, 2.45) is 0 Å². The standard InChI is InChI=1S/C21H27N3S/c1-3-23(4-2)16-17-25-21-22-19-12-8-9-13-20(19)24(21)15-14-18-10-6-5-7-11-18/h5-13H,3-4,14-17H2,1-2H3/p+1. The predicted molar refractivity (Wildman–Crippen MR) is 108 cm³/mol. The Kier molecular flexibility index (Phi) is 6.54. The minimum absolute atomic E-state index is 0.977. The second kappa shape index (κ2) is 9.07. The van der Waals surface area contributed by atoms with E-state index in [1.165, 1.54) is 30.7 Å². The molecule has 0 aliphatic heterocycles. The lowest BCUT2D eigenvalue weighted by Crippen LogP contribution is -3.11. The summed E-state index contributed by atoms with van der Waals surface area (Å²) in [4.78, 5) is 6.54. The fourth-order valence-electron chi connectivity index (χ4n) is 3.16. The molecular weight excluding hydrogens is 326 g/mol. The van der Waals surface area contributed by atoms with Gasteiger partial charge >= 0.3 is 0 Å². The summed E-state index contributed by atoms with van der Waals surface area (Å²) in [5.74, 6) is 1.12. The summed E-state index contributed by atoms with van der Waals surface area (Å²) < 4.78 is 2.39. The van der Waals surface area contributed by atoms with Gasteiger partial charge in [0.15, 0.2) is 5.16 Å². The molecule has 3 rings (SSSR count). The number of hydrogen-bond acceptors (Lipinski definition) is 2. The highest BCUT2D eigenvalue weighted by Crippen LogP contribution is 2.24. The molecule has 0 saturated heterocycles. The van der Waals surface area contributed by atoms with Crippen molar-refractivity contribution in [3.63, 3.8) is 0 Å². The number of nitrogens with one attached hydrogen (secondary N) is 1. The normalized spacial score (nSPS) is 11.5. The quantitative estimate of drug-likeness (QED) is 0.596. The summed E-state index contributed by atoms with van der Waals surface area (Å²) in [5.41, 5.74) is 3.73. The summed E-state index contributed by atoms with van der Waals surface area (Å²) in [6, 6.07) is 19.2. The Bertz CT molecular complexity index is 778. The largest absolute Gasteiger partial charge is 0.335 e. The zero-order chi connectivity index (χ0) is 17.5. The first kappa shape index (κ1) is 18.0. The summed E-state index contributed by atoms with van der Waals surface area (Å²) in [7, 11) is 0. The third-order valence-corrected chi connectivity index (χ3v) is 5.75. The smallest absolute Gasteiger partial charge is 0.169 e. The van der Waals surface area contributed by atoms with Gasteiger partial charge in [0, 0.05) is 6.54 Å². The highest BCUT2D eigenvalue weighted by molar-refractivity contribution is 7.99. The summed E-state index contributed by atoms with van der Waals surface area (Å²) in [5, 5.41) is 1.16. The van der Waals surface area contributed by atoms with E-state index in [0.717, 1.165) is 29.4 Å². The zero-order valence-corrected chi connectivity index (χ0v) is 16.1. The molecule has 0 amide bonds. The van der Waals surface area contributed by atoms with Crippen LogP contribution < -0.4 is 4.90 Å². The molecule has 1 heterocycles. The minimum Gasteiger partial charge on any atom is -0.335 e. The second-order valence-electron chi connectivity index (χ2n) is 6.33. The average Bonchev–Trinajstić information content (AvgIpc) is 3.02. The Morgan fingerprint density at radius 1 is 0.960 bits per heavy atom. The number of fused-ring (bicyclic) bond motifs is 1. The number of imidazole rings is 1. The van der Waals surface area contributed by atoms with E-state index in [2.05, 4.69) is 73.0 Å². The zero-order valence-electron chi connectivity index (χ0n) is 15.2. The van der Waals surface area contributed by atoms with Gasteiger partial charge in [-0.05, 0) is 38.0 Å². The molecule has 0 aliphatic carbocycles. The minimum atomic E-state index is 0.977.